The summed E-state index contributed by atoms with van der Waals surface area (Å²) in [6.45, 7) is 9.30. The average molecular weight is 324 g/mol. The standard InChI is InChI=1S/C14H20N4O3S/c1-8(2)10(11(20)21-14(3,4)5)16-12-17-18-9(19)6-7-15-13(18)22-12/h6-8,10H,1-5H3,(H,16,17)/t10-/m1/s1. The maximum atomic E-state index is 12.3. The number of esters is 1. The van der Waals surface area contributed by atoms with Crippen LogP contribution in [0.5, 0.6) is 0 Å². The molecule has 0 bridgehead atoms. The maximum Gasteiger partial charge on any atom is 0.329 e. The molecule has 2 aromatic heterocycles. The van der Waals surface area contributed by atoms with Gasteiger partial charge in [-0.1, -0.05) is 25.2 Å². The van der Waals surface area contributed by atoms with Gasteiger partial charge in [0.1, 0.15) is 11.6 Å². The molecule has 0 aromatic carbocycles. The van der Waals surface area contributed by atoms with Crippen LogP contribution in [0.2, 0.25) is 0 Å². The fourth-order valence-electron chi connectivity index (χ4n) is 1.80. The summed E-state index contributed by atoms with van der Waals surface area (Å²) in [6.07, 6.45) is 1.44. The van der Waals surface area contributed by atoms with Gasteiger partial charge in [-0.2, -0.15) is 4.52 Å². The first-order valence-corrected chi connectivity index (χ1v) is 7.83. The lowest BCUT2D eigenvalue weighted by Gasteiger charge is -2.26. The number of carbonyl (C=O) groups is 1. The van der Waals surface area contributed by atoms with E-state index in [1.54, 1.807) is 0 Å². The Hall–Kier alpha value is -1.96. The highest BCUT2D eigenvalue weighted by molar-refractivity contribution is 7.20. The molecule has 7 nitrogen and oxygen atoms in total. The van der Waals surface area contributed by atoms with Crippen molar-refractivity contribution in [2.24, 2.45) is 5.92 Å². The van der Waals surface area contributed by atoms with Gasteiger partial charge in [0.25, 0.3) is 5.56 Å². The van der Waals surface area contributed by atoms with E-state index in [0.717, 1.165) is 0 Å². The third-order valence-corrected chi connectivity index (χ3v) is 3.63. The third kappa shape index (κ3) is 3.82. The number of ether oxygens (including phenoxy) is 1. The van der Waals surface area contributed by atoms with Gasteiger partial charge in [0.15, 0.2) is 0 Å². The summed E-state index contributed by atoms with van der Waals surface area (Å²) < 4.78 is 6.63. The van der Waals surface area contributed by atoms with Crippen LogP contribution in [0.4, 0.5) is 5.13 Å². The SMILES string of the molecule is CC(C)[C@@H](Nc1nn2c(=O)ccnc2s1)C(=O)OC(C)(C)C. The Morgan fingerprint density at radius 1 is 1.41 bits per heavy atom. The summed E-state index contributed by atoms with van der Waals surface area (Å²) in [4.78, 5) is 28.5. The molecule has 0 radical (unpaired) electrons. The largest absolute Gasteiger partial charge is 0.458 e. The zero-order valence-corrected chi connectivity index (χ0v) is 14.1. The second-order valence-electron chi connectivity index (χ2n) is 6.28. The van der Waals surface area contributed by atoms with E-state index in [1.165, 1.54) is 28.1 Å². The summed E-state index contributed by atoms with van der Waals surface area (Å²) in [5.41, 5.74) is -0.814. The van der Waals surface area contributed by atoms with Gasteiger partial charge >= 0.3 is 5.97 Å². The molecule has 0 saturated carbocycles. The lowest BCUT2D eigenvalue weighted by atomic mass is 10.0. The Labute approximate surface area is 132 Å². The molecule has 1 atom stereocenters. The first-order valence-electron chi connectivity index (χ1n) is 7.01. The zero-order valence-electron chi connectivity index (χ0n) is 13.3. The van der Waals surface area contributed by atoms with Crippen molar-refractivity contribution in [2.45, 2.75) is 46.3 Å². The van der Waals surface area contributed by atoms with Gasteiger partial charge in [-0.25, -0.2) is 9.78 Å². The van der Waals surface area contributed by atoms with Crippen LogP contribution < -0.4 is 10.9 Å². The lowest BCUT2D eigenvalue weighted by Crippen LogP contribution is -2.40. The predicted octanol–water partition coefficient (Wildman–Crippen LogP) is 1.93. The molecule has 1 N–H and O–H groups in total. The van der Waals surface area contributed by atoms with Crippen molar-refractivity contribution < 1.29 is 9.53 Å². The molecule has 22 heavy (non-hydrogen) atoms. The molecule has 2 rings (SSSR count). The van der Waals surface area contributed by atoms with E-state index in [1.807, 2.05) is 34.6 Å². The molecule has 0 spiro atoms. The minimum atomic E-state index is -0.558. The second kappa shape index (κ2) is 6.04. The van der Waals surface area contributed by atoms with Crippen LogP contribution in [0.1, 0.15) is 34.6 Å². The molecular weight excluding hydrogens is 304 g/mol. The highest BCUT2D eigenvalue weighted by atomic mass is 32.1. The molecule has 0 saturated heterocycles. The first-order chi connectivity index (χ1) is 10.2. The van der Waals surface area contributed by atoms with Crippen molar-refractivity contribution in [3.8, 4) is 0 Å². The molecule has 2 heterocycles. The van der Waals surface area contributed by atoms with Crippen LogP contribution in [-0.4, -0.2) is 32.2 Å². The van der Waals surface area contributed by atoms with E-state index in [2.05, 4.69) is 15.4 Å². The number of nitrogens with zero attached hydrogens (tertiary/aromatic N) is 3. The van der Waals surface area contributed by atoms with Gasteiger partial charge in [-0.15, -0.1) is 5.10 Å². The topological polar surface area (TPSA) is 85.6 Å². The maximum absolute atomic E-state index is 12.3. The summed E-state index contributed by atoms with van der Waals surface area (Å²) >= 11 is 1.21. The van der Waals surface area contributed by atoms with Crippen LogP contribution in [0.25, 0.3) is 4.96 Å². The molecule has 8 heteroatoms. The molecular formula is C14H20N4O3S. The monoisotopic (exact) mass is 324 g/mol. The Balaban J connectivity index is 2.25. The van der Waals surface area contributed by atoms with Crippen molar-refractivity contribution in [1.29, 1.82) is 0 Å². The minimum absolute atomic E-state index is 0.00606. The van der Waals surface area contributed by atoms with Gasteiger partial charge in [0.2, 0.25) is 10.1 Å². The molecule has 120 valence electrons. The van der Waals surface area contributed by atoms with Crippen molar-refractivity contribution in [1.82, 2.24) is 14.6 Å². The zero-order chi connectivity index (χ0) is 16.5. The smallest absolute Gasteiger partial charge is 0.329 e. The number of hydrogen-bond donors (Lipinski definition) is 1. The van der Waals surface area contributed by atoms with Crippen LogP contribution in [0.15, 0.2) is 17.1 Å². The second-order valence-corrected chi connectivity index (χ2v) is 7.24. The Kier molecular flexibility index (Phi) is 4.50. The number of carbonyl (C=O) groups excluding carboxylic acids is 1. The number of hydrogen-bond acceptors (Lipinski definition) is 7. The highest BCUT2D eigenvalue weighted by Gasteiger charge is 2.28. The minimum Gasteiger partial charge on any atom is -0.458 e. The predicted molar refractivity (Wildman–Crippen MR) is 85.2 cm³/mol. The Bertz CT molecular complexity index is 729. The van der Waals surface area contributed by atoms with Crippen molar-refractivity contribution >= 4 is 27.4 Å². The summed E-state index contributed by atoms with van der Waals surface area (Å²) in [5, 5.41) is 7.66. The fraction of sp³-hybridized carbons (Fsp3) is 0.571. The van der Waals surface area contributed by atoms with E-state index < -0.39 is 11.6 Å². The number of nitrogens with one attached hydrogen (secondary N) is 1. The van der Waals surface area contributed by atoms with Crippen LogP contribution >= 0.6 is 11.3 Å². The molecule has 0 aliphatic rings. The number of anilines is 1. The number of aromatic nitrogens is 3. The highest BCUT2D eigenvalue weighted by Crippen LogP contribution is 2.20. The van der Waals surface area contributed by atoms with Crippen molar-refractivity contribution in [3.05, 3.63) is 22.6 Å². The van der Waals surface area contributed by atoms with Crippen LogP contribution in [0, 0.1) is 5.92 Å². The molecule has 0 fully saturated rings. The van der Waals surface area contributed by atoms with E-state index in [-0.39, 0.29) is 17.4 Å². The molecule has 0 amide bonds. The van der Waals surface area contributed by atoms with Gasteiger partial charge in [-0.05, 0) is 26.7 Å². The van der Waals surface area contributed by atoms with Crippen LogP contribution in [0.3, 0.4) is 0 Å². The Morgan fingerprint density at radius 2 is 2.09 bits per heavy atom. The molecule has 0 unspecified atom stereocenters. The van der Waals surface area contributed by atoms with Crippen molar-refractivity contribution in [3.63, 3.8) is 0 Å². The molecule has 0 aliphatic heterocycles. The average Bonchev–Trinajstić information content (AvgIpc) is 2.77. The van der Waals surface area contributed by atoms with E-state index in [9.17, 15) is 9.59 Å². The van der Waals surface area contributed by atoms with Gasteiger partial charge in [0, 0.05) is 12.3 Å². The van der Waals surface area contributed by atoms with Gasteiger partial charge < -0.3 is 10.1 Å². The van der Waals surface area contributed by atoms with E-state index >= 15 is 0 Å². The first kappa shape index (κ1) is 16.4. The quantitative estimate of drug-likeness (QED) is 0.865. The third-order valence-electron chi connectivity index (χ3n) is 2.78. The number of rotatable bonds is 4. The Morgan fingerprint density at radius 3 is 2.64 bits per heavy atom. The van der Waals surface area contributed by atoms with Crippen LogP contribution in [-0.2, 0) is 9.53 Å². The fourth-order valence-corrected chi connectivity index (χ4v) is 2.61. The summed E-state index contributed by atoms with van der Waals surface area (Å²) in [5.74, 6) is -0.339. The van der Waals surface area contributed by atoms with Gasteiger partial charge in [0.05, 0.1) is 0 Å². The van der Waals surface area contributed by atoms with Crippen molar-refractivity contribution in [2.75, 3.05) is 5.32 Å². The summed E-state index contributed by atoms with van der Waals surface area (Å²) in [7, 11) is 0. The summed E-state index contributed by atoms with van der Waals surface area (Å²) in [6, 6.07) is 0.792. The van der Waals surface area contributed by atoms with Gasteiger partial charge in [-0.3, -0.25) is 4.79 Å². The van der Waals surface area contributed by atoms with E-state index in [4.69, 9.17) is 4.74 Å². The molecule has 2 aromatic rings. The normalized spacial score (nSPS) is 13.4. The molecule has 0 aliphatic carbocycles. The van der Waals surface area contributed by atoms with E-state index in [0.29, 0.717) is 10.1 Å². The number of fused-ring (bicyclic) bond motifs is 1. The lowest BCUT2D eigenvalue weighted by molar-refractivity contribution is -0.156.